The van der Waals surface area contributed by atoms with Crippen molar-refractivity contribution in [2.45, 2.75) is 51.0 Å². The minimum absolute atomic E-state index is 0.183. The summed E-state index contributed by atoms with van der Waals surface area (Å²) in [6, 6.07) is 0. The Morgan fingerprint density at radius 2 is 1.71 bits per heavy atom. The number of esters is 3. The van der Waals surface area contributed by atoms with E-state index in [-0.39, 0.29) is 10.8 Å². The van der Waals surface area contributed by atoms with Crippen molar-refractivity contribution >= 4 is 17.9 Å². The Bertz CT molecular complexity index is 1000. The standard InChI is InChI=1S/C16H16F4N2O9/c1-6(23)28-5-15(16(18,19)20)11(30-8(3)25)10(29-7(2)24)13(31-15)22-4-9(17)12(26)21-14(22)27/h4,10-11,13H,5H2,1-3H3,(H,21,26,27)/t10-,11-,13+,15+/m0/s1. The van der Waals surface area contributed by atoms with Gasteiger partial charge in [-0.05, 0) is 0 Å². The number of halogens is 4. The number of alkyl halides is 3. The van der Waals surface area contributed by atoms with E-state index in [1.807, 2.05) is 0 Å². The molecule has 0 unspecified atom stereocenters. The minimum atomic E-state index is -5.42. The largest absolute Gasteiger partial charge is 0.462 e. The summed E-state index contributed by atoms with van der Waals surface area (Å²) >= 11 is 0. The van der Waals surface area contributed by atoms with Crippen LogP contribution in [-0.4, -0.2) is 58.1 Å². The van der Waals surface area contributed by atoms with Gasteiger partial charge in [0, 0.05) is 20.8 Å². The molecule has 1 aliphatic heterocycles. The molecule has 31 heavy (non-hydrogen) atoms. The highest BCUT2D eigenvalue weighted by molar-refractivity contribution is 5.68. The Labute approximate surface area is 169 Å². The van der Waals surface area contributed by atoms with Crippen LogP contribution in [0.15, 0.2) is 15.8 Å². The van der Waals surface area contributed by atoms with Gasteiger partial charge < -0.3 is 18.9 Å². The molecule has 4 atom stereocenters. The van der Waals surface area contributed by atoms with Crippen molar-refractivity contribution in [2.75, 3.05) is 6.61 Å². The Hall–Kier alpha value is -3.23. The van der Waals surface area contributed by atoms with E-state index in [0.717, 1.165) is 20.8 Å². The quantitative estimate of drug-likeness (QED) is 0.366. The molecule has 1 saturated heterocycles. The number of nitrogens with one attached hydrogen (secondary N) is 1. The highest BCUT2D eigenvalue weighted by Crippen LogP contribution is 2.49. The van der Waals surface area contributed by atoms with Crippen molar-refractivity contribution in [3.63, 3.8) is 0 Å². The number of hydrogen-bond acceptors (Lipinski definition) is 9. The van der Waals surface area contributed by atoms with Crippen LogP contribution in [0, 0.1) is 5.82 Å². The fourth-order valence-corrected chi connectivity index (χ4v) is 2.92. The smallest absolute Gasteiger partial charge is 0.424 e. The number of carbonyl (C=O) groups is 3. The van der Waals surface area contributed by atoms with Crippen LogP contribution in [0.1, 0.15) is 27.0 Å². The van der Waals surface area contributed by atoms with Gasteiger partial charge in [-0.1, -0.05) is 0 Å². The van der Waals surface area contributed by atoms with Crippen LogP contribution >= 0.6 is 0 Å². The van der Waals surface area contributed by atoms with Crippen LogP contribution in [0.5, 0.6) is 0 Å². The lowest BCUT2D eigenvalue weighted by molar-refractivity contribution is -0.308. The second-order valence-electron chi connectivity index (χ2n) is 6.42. The monoisotopic (exact) mass is 456 g/mol. The van der Waals surface area contributed by atoms with Crippen LogP contribution < -0.4 is 11.2 Å². The average Bonchev–Trinajstić information content (AvgIpc) is 2.90. The van der Waals surface area contributed by atoms with Gasteiger partial charge in [0.15, 0.2) is 18.4 Å². The number of hydrogen-bond donors (Lipinski definition) is 1. The number of rotatable bonds is 5. The molecule has 0 bridgehead atoms. The summed E-state index contributed by atoms with van der Waals surface area (Å²) in [6.07, 6.45) is -12.0. The van der Waals surface area contributed by atoms with Crippen molar-refractivity contribution in [3.05, 3.63) is 32.9 Å². The summed E-state index contributed by atoms with van der Waals surface area (Å²) in [5.74, 6) is -5.16. The molecule has 1 fully saturated rings. The van der Waals surface area contributed by atoms with E-state index in [4.69, 9.17) is 14.2 Å². The lowest BCUT2D eigenvalue weighted by Gasteiger charge is -2.34. The number of H-pyrrole nitrogens is 1. The first-order chi connectivity index (χ1) is 14.2. The van der Waals surface area contributed by atoms with Gasteiger partial charge in [0.05, 0.1) is 6.20 Å². The molecule has 0 radical (unpaired) electrons. The van der Waals surface area contributed by atoms with Crippen molar-refractivity contribution in [1.29, 1.82) is 0 Å². The summed E-state index contributed by atoms with van der Waals surface area (Å²) in [5.41, 5.74) is -6.50. The van der Waals surface area contributed by atoms with Gasteiger partial charge in [0.25, 0.3) is 5.56 Å². The minimum Gasteiger partial charge on any atom is -0.462 e. The maximum absolute atomic E-state index is 14.1. The molecule has 1 aromatic rings. The van der Waals surface area contributed by atoms with Crippen LogP contribution in [0.4, 0.5) is 17.6 Å². The third-order valence-electron chi connectivity index (χ3n) is 4.13. The Kier molecular flexibility index (Phi) is 6.58. The Morgan fingerprint density at radius 3 is 2.19 bits per heavy atom. The van der Waals surface area contributed by atoms with Crippen molar-refractivity contribution in [2.24, 2.45) is 0 Å². The zero-order valence-electron chi connectivity index (χ0n) is 16.1. The summed E-state index contributed by atoms with van der Waals surface area (Å²) in [7, 11) is 0. The van der Waals surface area contributed by atoms with Gasteiger partial charge in [0.1, 0.15) is 6.61 Å². The van der Waals surface area contributed by atoms with E-state index in [0.29, 0.717) is 0 Å². The third kappa shape index (κ3) is 4.76. The fourth-order valence-electron chi connectivity index (χ4n) is 2.92. The highest BCUT2D eigenvalue weighted by atomic mass is 19.4. The zero-order chi connectivity index (χ0) is 23.7. The second kappa shape index (κ2) is 8.49. The lowest BCUT2D eigenvalue weighted by Crippen LogP contribution is -2.59. The summed E-state index contributed by atoms with van der Waals surface area (Å²) in [4.78, 5) is 59.1. The molecular weight excluding hydrogens is 440 g/mol. The lowest BCUT2D eigenvalue weighted by atomic mass is 9.94. The topological polar surface area (TPSA) is 143 Å². The summed E-state index contributed by atoms with van der Waals surface area (Å²) < 4.78 is 75.3. The molecule has 0 spiro atoms. The second-order valence-corrected chi connectivity index (χ2v) is 6.42. The highest BCUT2D eigenvalue weighted by Gasteiger charge is 2.73. The number of aromatic nitrogens is 2. The molecule has 15 heteroatoms. The molecule has 1 N–H and O–H groups in total. The molecule has 0 amide bonds. The number of nitrogens with zero attached hydrogens (tertiary/aromatic N) is 1. The Balaban J connectivity index is 2.76. The molecule has 2 rings (SSSR count). The molecule has 11 nitrogen and oxygen atoms in total. The first-order valence-electron chi connectivity index (χ1n) is 8.43. The normalized spacial score (nSPS) is 25.7. The maximum Gasteiger partial charge on any atom is 0.424 e. The maximum atomic E-state index is 14.1. The number of ether oxygens (including phenoxy) is 4. The van der Waals surface area contributed by atoms with E-state index in [1.54, 1.807) is 0 Å². The molecule has 0 saturated carbocycles. The summed E-state index contributed by atoms with van der Waals surface area (Å²) in [6.45, 7) is 0.788. The van der Waals surface area contributed by atoms with Crippen LogP contribution in [0.2, 0.25) is 0 Å². The van der Waals surface area contributed by atoms with Gasteiger partial charge in [-0.2, -0.15) is 17.6 Å². The van der Waals surface area contributed by atoms with E-state index in [1.165, 1.54) is 4.98 Å². The van der Waals surface area contributed by atoms with Crippen molar-refractivity contribution < 1.29 is 50.9 Å². The predicted octanol–water partition coefficient (Wildman–Crippen LogP) is -0.0679. The van der Waals surface area contributed by atoms with Crippen LogP contribution in [0.3, 0.4) is 0 Å². The summed E-state index contributed by atoms with van der Waals surface area (Å²) in [5, 5.41) is 0. The average molecular weight is 456 g/mol. The number of carbonyl (C=O) groups excluding carboxylic acids is 3. The molecule has 0 aliphatic carbocycles. The zero-order valence-corrected chi connectivity index (χ0v) is 16.1. The van der Waals surface area contributed by atoms with Crippen molar-refractivity contribution in [1.82, 2.24) is 9.55 Å². The van der Waals surface area contributed by atoms with E-state index in [2.05, 4.69) is 4.74 Å². The molecule has 172 valence electrons. The molecule has 2 heterocycles. The fraction of sp³-hybridized carbons (Fsp3) is 0.562. The number of aromatic amines is 1. The van der Waals surface area contributed by atoms with Crippen LogP contribution in [0.25, 0.3) is 0 Å². The van der Waals surface area contributed by atoms with E-state index < -0.39 is 71.8 Å². The third-order valence-corrected chi connectivity index (χ3v) is 4.13. The molecule has 1 aromatic heterocycles. The molecule has 1 aliphatic rings. The molecule has 0 aromatic carbocycles. The van der Waals surface area contributed by atoms with Gasteiger partial charge in [0.2, 0.25) is 11.4 Å². The molecular formula is C16H16F4N2O9. The van der Waals surface area contributed by atoms with Gasteiger partial charge in [-0.15, -0.1) is 0 Å². The van der Waals surface area contributed by atoms with Gasteiger partial charge >= 0.3 is 29.8 Å². The van der Waals surface area contributed by atoms with E-state index in [9.17, 15) is 41.5 Å². The van der Waals surface area contributed by atoms with Crippen molar-refractivity contribution in [3.8, 4) is 0 Å². The van der Waals surface area contributed by atoms with Crippen LogP contribution in [-0.2, 0) is 33.3 Å². The van der Waals surface area contributed by atoms with Gasteiger partial charge in [-0.3, -0.25) is 28.7 Å². The SMILES string of the molecule is CC(=O)OC[C@@]1(C(F)(F)F)O[C@@H](n2cc(F)c(=O)[nH]c2=O)[C@@H](OC(C)=O)[C@@H]1OC(C)=O. The van der Waals surface area contributed by atoms with Gasteiger partial charge in [-0.25, -0.2) is 4.79 Å². The Morgan fingerprint density at radius 1 is 1.13 bits per heavy atom. The first-order valence-corrected chi connectivity index (χ1v) is 8.43. The van der Waals surface area contributed by atoms with E-state index >= 15 is 0 Å². The first kappa shape index (κ1) is 24.0. The predicted molar refractivity (Wildman–Crippen MR) is 87.9 cm³/mol.